The molecular formula is C28H22FN7O2S. The maximum absolute atomic E-state index is 13.9. The highest BCUT2D eigenvalue weighted by Gasteiger charge is 2.15. The predicted molar refractivity (Wildman–Crippen MR) is 150 cm³/mol. The quantitative estimate of drug-likeness (QED) is 0.325. The van der Waals surface area contributed by atoms with Gasteiger partial charge in [-0.3, -0.25) is 4.79 Å². The van der Waals surface area contributed by atoms with Crippen LogP contribution in [0.25, 0.3) is 16.2 Å². The van der Waals surface area contributed by atoms with Crippen molar-refractivity contribution in [3.63, 3.8) is 0 Å². The fraction of sp³-hybridized carbons (Fsp3) is 0.143. The summed E-state index contributed by atoms with van der Waals surface area (Å²) in [7, 11) is 0. The summed E-state index contributed by atoms with van der Waals surface area (Å²) < 4.78 is 20.5. The third kappa shape index (κ3) is 5.29. The first-order chi connectivity index (χ1) is 19.2. The van der Waals surface area contributed by atoms with Gasteiger partial charge in [0.25, 0.3) is 5.56 Å². The number of piperazine rings is 1. The van der Waals surface area contributed by atoms with Gasteiger partial charge in [0.1, 0.15) is 6.11 Å². The van der Waals surface area contributed by atoms with Crippen molar-refractivity contribution >= 4 is 39.7 Å². The normalized spacial score (nSPS) is 13.1. The fourth-order valence-corrected chi connectivity index (χ4v) is 4.86. The van der Waals surface area contributed by atoms with E-state index in [4.69, 9.17) is 4.74 Å². The van der Waals surface area contributed by atoms with Crippen LogP contribution in [0.3, 0.4) is 0 Å². The maximum atomic E-state index is 13.9. The molecule has 0 unspecified atom stereocenters. The van der Waals surface area contributed by atoms with Crippen LogP contribution in [0.5, 0.6) is 5.75 Å². The van der Waals surface area contributed by atoms with E-state index in [0.29, 0.717) is 22.1 Å². The molecule has 6 rings (SSSR count). The number of hydrogen-bond acceptors (Lipinski definition) is 9. The molecule has 5 aromatic rings. The number of anilines is 3. The molecule has 1 fully saturated rings. The van der Waals surface area contributed by atoms with Crippen LogP contribution >= 0.6 is 11.3 Å². The number of ether oxygens (including phenoxy) is 1. The topological polar surface area (TPSA) is 97.2 Å². The molecule has 2 N–H and O–H groups in total. The van der Waals surface area contributed by atoms with Gasteiger partial charge in [-0.1, -0.05) is 12.1 Å². The van der Waals surface area contributed by atoms with Crippen molar-refractivity contribution in [2.75, 3.05) is 36.4 Å². The maximum Gasteiger partial charge on any atom is 0.274 e. The summed E-state index contributed by atoms with van der Waals surface area (Å²) in [5.74, 6) is 2.47. The van der Waals surface area contributed by atoms with Crippen molar-refractivity contribution in [2.45, 2.75) is 0 Å². The number of pyridine rings is 1. The SMILES string of the molecule is O=c1c(C#COc2ccccc2F)cc2cnc(Nc3ccc(N4CCNCC4)cc3)nc2n1-c1nccs1. The Hall–Kier alpha value is -4.79. The summed E-state index contributed by atoms with van der Waals surface area (Å²) in [5.41, 5.74) is 2.08. The molecule has 1 saturated heterocycles. The molecule has 9 nitrogen and oxygen atoms in total. The number of halogens is 1. The van der Waals surface area contributed by atoms with Gasteiger partial charge in [-0.25, -0.2) is 18.9 Å². The van der Waals surface area contributed by atoms with Crippen LogP contribution in [0.4, 0.5) is 21.7 Å². The van der Waals surface area contributed by atoms with Crippen LogP contribution in [0.1, 0.15) is 5.56 Å². The van der Waals surface area contributed by atoms with Crippen LogP contribution < -0.4 is 25.8 Å². The number of thiazole rings is 1. The highest BCUT2D eigenvalue weighted by atomic mass is 32.1. The molecule has 0 atom stereocenters. The Morgan fingerprint density at radius 3 is 2.67 bits per heavy atom. The van der Waals surface area contributed by atoms with E-state index in [1.165, 1.54) is 28.0 Å². The molecule has 39 heavy (non-hydrogen) atoms. The number of aromatic nitrogens is 4. The highest BCUT2D eigenvalue weighted by Crippen LogP contribution is 2.23. The van der Waals surface area contributed by atoms with E-state index in [1.807, 2.05) is 12.1 Å². The van der Waals surface area contributed by atoms with Gasteiger partial charge in [-0.05, 0) is 48.4 Å². The van der Waals surface area contributed by atoms with E-state index < -0.39 is 11.4 Å². The van der Waals surface area contributed by atoms with Gasteiger partial charge in [0.15, 0.2) is 22.3 Å². The Labute approximate surface area is 226 Å². The van der Waals surface area contributed by atoms with Gasteiger partial charge in [0.05, 0.1) is 5.56 Å². The zero-order chi connectivity index (χ0) is 26.6. The van der Waals surface area contributed by atoms with Gasteiger partial charge in [0.2, 0.25) is 5.95 Å². The monoisotopic (exact) mass is 539 g/mol. The van der Waals surface area contributed by atoms with Crippen molar-refractivity contribution in [1.82, 2.24) is 24.8 Å². The molecule has 11 heteroatoms. The number of nitrogens with zero attached hydrogens (tertiary/aromatic N) is 5. The molecule has 0 spiro atoms. The first-order valence-corrected chi connectivity index (χ1v) is 13.1. The molecule has 194 valence electrons. The lowest BCUT2D eigenvalue weighted by atomic mass is 10.2. The summed E-state index contributed by atoms with van der Waals surface area (Å²) in [6.07, 6.45) is 5.66. The van der Waals surface area contributed by atoms with Crippen LogP contribution in [-0.2, 0) is 0 Å². The Kier molecular flexibility index (Phi) is 6.86. The number of rotatable bonds is 5. The van der Waals surface area contributed by atoms with Crippen molar-refractivity contribution in [3.8, 4) is 22.9 Å². The molecule has 0 radical (unpaired) electrons. The van der Waals surface area contributed by atoms with Gasteiger partial charge >= 0.3 is 0 Å². The van der Waals surface area contributed by atoms with Crippen molar-refractivity contribution in [1.29, 1.82) is 0 Å². The zero-order valence-corrected chi connectivity index (χ0v) is 21.4. The predicted octanol–water partition coefficient (Wildman–Crippen LogP) is 3.92. The Balaban J connectivity index is 1.32. The molecule has 1 aliphatic rings. The van der Waals surface area contributed by atoms with Crippen molar-refractivity contribution in [2.24, 2.45) is 0 Å². The lowest BCUT2D eigenvalue weighted by molar-refractivity contribution is 0.469. The minimum Gasteiger partial charge on any atom is -0.404 e. The number of fused-ring (bicyclic) bond motifs is 1. The Bertz CT molecular complexity index is 1740. The lowest BCUT2D eigenvalue weighted by Gasteiger charge is -2.29. The Morgan fingerprint density at radius 2 is 1.90 bits per heavy atom. The first kappa shape index (κ1) is 24.5. The molecule has 2 aromatic carbocycles. The third-order valence-corrected chi connectivity index (χ3v) is 6.90. The first-order valence-electron chi connectivity index (χ1n) is 12.2. The van der Waals surface area contributed by atoms with E-state index >= 15 is 0 Å². The number of nitrogens with one attached hydrogen (secondary N) is 2. The second-order valence-electron chi connectivity index (χ2n) is 8.65. The van der Waals surface area contributed by atoms with E-state index in [1.54, 1.807) is 36.0 Å². The van der Waals surface area contributed by atoms with Gasteiger partial charge in [0, 0.05) is 60.7 Å². The molecule has 1 aliphatic heterocycles. The van der Waals surface area contributed by atoms with Gasteiger partial charge in [-0.2, -0.15) is 4.98 Å². The third-order valence-electron chi connectivity index (χ3n) is 6.14. The molecule has 0 saturated carbocycles. The molecule has 0 bridgehead atoms. The largest absolute Gasteiger partial charge is 0.404 e. The summed E-state index contributed by atoms with van der Waals surface area (Å²) in [6, 6.07) is 15.6. The standard InChI is InChI=1S/C28H22FN7O2S/c29-23-3-1-2-4-24(23)38-15-9-19-17-20-18-32-27(34-25(20)36(26(19)37)28-31-12-16-39-28)33-21-5-7-22(8-6-21)35-13-10-30-11-14-35/h1-8,12,16-18,30H,10-11,13-14H2,(H,32,33,34). The minimum absolute atomic E-state index is 0.0222. The van der Waals surface area contributed by atoms with Crippen LogP contribution in [0, 0.1) is 17.8 Å². The van der Waals surface area contributed by atoms with Crippen molar-refractivity contribution in [3.05, 3.63) is 94.1 Å². The molecule has 3 aromatic heterocycles. The van der Waals surface area contributed by atoms with Gasteiger partial charge in [-0.15, -0.1) is 11.3 Å². The minimum atomic E-state index is -0.544. The van der Waals surface area contributed by atoms with Crippen molar-refractivity contribution < 1.29 is 9.13 Å². The molecule has 0 aliphatic carbocycles. The molecule has 4 heterocycles. The fourth-order valence-electron chi connectivity index (χ4n) is 4.22. The van der Waals surface area contributed by atoms with Crippen LogP contribution in [0.2, 0.25) is 0 Å². The van der Waals surface area contributed by atoms with Crippen LogP contribution in [-0.4, -0.2) is 45.7 Å². The summed E-state index contributed by atoms with van der Waals surface area (Å²) in [5, 5.41) is 9.37. The summed E-state index contributed by atoms with van der Waals surface area (Å²) in [6.45, 7) is 3.88. The second-order valence-corrected chi connectivity index (χ2v) is 9.53. The van der Waals surface area contributed by atoms with Gasteiger partial charge < -0.3 is 20.3 Å². The molecule has 0 amide bonds. The average molecular weight is 540 g/mol. The van der Waals surface area contributed by atoms with E-state index in [0.717, 1.165) is 37.6 Å². The summed E-state index contributed by atoms with van der Waals surface area (Å²) >= 11 is 1.29. The molecular weight excluding hydrogens is 517 g/mol. The second kappa shape index (κ2) is 10.9. The lowest BCUT2D eigenvalue weighted by Crippen LogP contribution is -2.43. The smallest absolute Gasteiger partial charge is 0.274 e. The number of hydrogen-bond donors (Lipinski definition) is 2. The van der Waals surface area contributed by atoms with E-state index in [2.05, 4.69) is 54.6 Å². The van der Waals surface area contributed by atoms with E-state index in [-0.39, 0.29) is 11.3 Å². The Morgan fingerprint density at radius 1 is 1.08 bits per heavy atom. The number of para-hydroxylation sites is 1. The average Bonchev–Trinajstić information content (AvgIpc) is 3.50. The highest BCUT2D eigenvalue weighted by molar-refractivity contribution is 7.12. The zero-order valence-electron chi connectivity index (χ0n) is 20.6. The number of benzene rings is 2. The van der Waals surface area contributed by atoms with Crippen LogP contribution in [0.15, 0.2) is 77.2 Å². The van der Waals surface area contributed by atoms with E-state index in [9.17, 15) is 9.18 Å². The summed E-state index contributed by atoms with van der Waals surface area (Å²) in [4.78, 5) is 29.2.